The van der Waals surface area contributed by atoms with Gasteiger partial charge in [-0.05, 0) is 25.1 Å². The molecule has 2 atom stereocenters. The van der Waals surface area contributed by atoms with Crippen molar-refractivity contribution < 1.29 is 14.3 Å². The molecule has 0 spiro atoms. The molecule has 1 aromatic heterocycles. The van der Waals surface area contributed by atoms with Crippen molar-refractivity contribution in [3.63, 3.8) is 0 Å². The second kappa shape index (κ2) is 5.99. The fraction of sp³-hybridized carbons (Fsp3) is 0.667. The van der Waals surface area contributed by atoms with Crippen molar-refractivity contribution in [2.75, 3.05) is 31.6 Å². The average molecular weight is 353 g/mol. The van der Waals surface area contributed by atoms with Crippen molar-refractivity contribution in [3.8, 4) is 0 Å². The monoisotopic (exact) mass is 353 g/mol. The zero-order valence-corrected chi connectivity index (χ0v) is 14.4. The minimum Gasteiger partial charge on any atom is -0.378 e. The van der Waals surface area contributed by atoms with E-state index in [1.807, 2.05) is 4.57 Å². The van der Waals surface area contributed by atoms with Crippen LogP contribution in [0.15, 0.2) is 0 Å². The molecule has 2 aliphatic heterocycles. The number of morpholine rings is 1. The summed E-state index contributed by atoms with van der Waals surface area (Å²) in [4.78, 5) is 27.6. The van der Waals surface area contributed by atoms with Crippen LogP contribution in [0.25, 0.3) is 0 Å². The highest BCUT2D eigenvalue weighted by Gasteiger charge is 2.40. The molecule has 23 heavy (non-hydrogen) atoms. The van der Waals surface area contributed by atoms with E-state index in [9.17, 15) is 9.59 Å². The molecule has 6 nitrogen and oxygen atoms in total. The largest absolute Gasteiger partial charge is 0.378 e. The van der Waals surface area contributed by atoms with Crippen LogP contribution in [0.3, 0.4) is 0 Å². The number of amides is 2. The fourth-order valence-corrected chi connectivity index (χ4v) is 5.23. The van der Waals surface area contributed by atoms with Crippen LogP contribution in [0.5, 0.6) is 0 Å². The SMILES string of the molecule is O=C1Nc2c(C(=O)N3CCOCC3)sc(=S)n2C2CCCCC12. The molecule has 3 heterocycles. The van der Waals surface area contributed by atoms with Gasteiger partial charge in [0.05, 0.1) is 19.1 Å². The van der Waals surface area contributed by atoms with E-state index < -0.39 is 0 Å². The summed E-state index contributed by atoms with van der Waals surface area (Å²) in [6, 6.07) is 0.113. The van der Waals surface area contributed by atoms with Gasteiger partial charge in [0.1, 0.15) is 10.7 Å². The molecule has 1 N–H and O–H groups in total. The first-order chi connectivity index (χ1) is 11.2. The van der Waals surface area contributed by atoms with Gasteiger partial charge in [-0.2, -0.15) is 0 Å². The standard InChI is InChI=1S/C15H19N3O3S2/c19-13-9-3-1-2-4-10(9)18-12(16-13)11(23-15(18)22)14(20)17-5-7-21-8-6-17/h9-10H,1-8H2,(H,16,19). The van der Waals surface area contributed by atoms with Gasteiger partial charge >= 0.3 is 0 Å². The number of rotatable bonds is 1. The lowest BCUT2D eigenvalue weighted by atomic mass is 9.82. The number of hydrogen-bond acceptors (Lipinski definition) is 5. The van der Waals surface area contributed by atoms with Crippen LogP contribution >= 0.6 is 23.6 Å². The van der Waals surface area contributed by atoms with Crippen molar-refractivity contribution in [2.24, 2.45) is 5.92 Å². The maximum atomic E-state index is 12.8. The van der Waals surface area contributed by atoms with Crippen molar-refractivity contribution in [1.82, 2.24) is 9.47 Å². The summed E-state index contributed by atoms with van der Waals surface area (Å²) in [5.41, 5.74) is 0. The minimum absolute atomic E-state index is 0.0103. The smallest absolute Gasteiger partial charge is 0.267 e. The molecule has 0 bridgehead atoms. The van der Waals surface area contributed by atoms with Crippen LogP contribution in [0, 0.1) is 9.87 Å². The molecule has 1 saturated carbocycles. The lowest BCUT2D eigenvalue weighted by Gasteiger charge is -2.36. The Hall–Kier alpha value is -1.25. The molecule has 2 unspecified atom stereocenters. The summed E-state index contributed by atoms with van der Waals surface area (Å²) in [7, 11) is 0. The molecule has 4 rings (SSSR count). The molecule has 2 fully saturated rings. The molecular formula is C15H19N3O3S2. The van der Waals surface area contributed by atoms with Crippen molar-refractivity contribution in [3.05, 3.63) is 8.83 Å². The third-order valence-corrected chi connectivity index (χ3v) is 6.36. The molecule has 1 aliphatic carbocycles. The van der Waals surface area contributed by atoms with E-state index in [0.717, 1.165) is 25.7 Å². The Morgan fingerprint density at radius 2 is 2.00 bits per heavy atom. The first kappa shape index (κ1) is 15.3. The van der Waals surface area contributed by atoms with Crippen LogP contribution < -0.4 is 5.32 Å². The molecule has 8 heteroatoms. The molecule has 2 amide bonds. The summed E-state index contributed by atoms with van der Waals surface area (Å²) in [5, 5.41) is 2.96. The van der Waals surface area contributed by atoms with E-state index in [1.165, 1.54) is 11.3 Å². The number of thiazole rings is 1. The van der Waals surface area contributed by atoms with E-state index in [2.05, 4.69) is 5.32 Å². The zero-order chi connectivity index (χ0) is 16.0. The van der Waals surface area contributed by atoms with Crippen LogP contribution in [0.1, 0.15) is 41.4 Å². The molecule has 0 radical (unpaired) electrons. The van der Waals surface area contributed by atoms with Gasteiger partial charge in [-0.1, -0.05) is 24.2 Å². The van der Waals surface area contributed by atoms with Crippen LogP contribution in [0.4, 0.5) is 5.82 Å². The number of aromatic nitrogens is 1. The minimum atomic E-state index is -0.0484. The first-order valence-corrected chi connectivity index (χ1v) is 9.32. The highest BCUT2D eigenvalue weighted by atomic mass is 32.1. The van der Waals surface area contributed by atoms with Crippen molar-refractivity contribution in [2.45, 2.75) is 31.7 Å². The highest BCUT2D eigenvalue weighted by molar-refractivity contribution is 7.73. The number of anilines is 1. The third-order valence-electron chi connectivity index (χ3n) is 4.97. The summed E-state index contributed by atoms with van der Waals surface area (Å²) in [5.74, 6) is 0.597. The van der Waals surface area contributed by atoms with Crippen LogP contribution in [-0.4, -0.2) is 47.6 Å². The quantitative estimate of drug-likeness (QED) is 0.788. The number of nitrogens with zero attached hydrogens (tertiary/aromatic N) is 2. The number of hydrogen-bond donors (Lipinski definition) is 1. The number of carbonyl (C=O) groups excluding carboxylic acids is 2. The first-order valence-electron chi connectivity index (χ1n) is 8.10. The van der Waals surface area contributed by atoms with Crippen molar-refractivity contribution in [1.29, 1.82) is 0 Å². The highest BCUT2D eigenvalue weighted by Crippen LogP contribution is 2.43. The number of carbonyl (C=O) groups is 2. The van der Waals surface area contributed by atoms with Gasteiger partial charge in [-0.15, -0.1) is 0 Å². The maximum absolute atomic E-state index is 12.8. The molecule has 0 aromatic carbocycles. The summed E-state index contributed by atoms with van der Waals surface area (Å²) < 4.78 is 8.02. The fourth-order valence-electron chi connectivity index (χ4n) is 3.79. The number of nitrogens with one attached hydrogen (secondary N) is 1. The van der Waals surface area contributed by atoms with E-state index in [1.54, 1.807) is 4.90 Å². The molecule has 1 aromatic rings. The lowest BCUT2D eigenvalue weighted by molar-refractivity contribution is -0.123. The Morgan fingerprint density at radius 1 is 1.26 bits per heavy atom. The number of fused-ring (bicyclic) bond motifs is 3. The average Bonchev–Trinajstić information content (AvgIpc) is 2.92. The van der Waals surface area contributed by atoms with Crippen LogP contribution in [-0.2, 0) is 9.53 Å². The van der Waals surface area contributed by atoms with Gasteiger partial charge in [-0.3, -0.25) is 9.59 Å². The second-order valence-electron chi connectivity index (χ2n) is 6.27. The van der Waals surface area contributed by atoms with Gasteiger partial charge in [0.25, 0.3) is 5.91 Å². The van der Waals surface area contributed by atoms with E-state index in [0.29, 0.717) is 41.0 Å². The van der Waals surface area contributed by atoms with E-state index >= 15 is 0 Å². The Labute approximate surface area is 143 Å². The third kappa shape index (κ3) is 2.53. The van der Waals surface area contributed by atoms with Gasteiger partial charge in [0.2, 0.25) is 5.91 Å². The molecule has 124 valence electrons. The zero-order valence-electron chi connectivity index (χ0n) is 12.7. The summed E-state index contributed by atoms with van der Waals surface area (Å²) in [6.45, 7) is 2.29. The Balaban J connectivity index is 1.72. The predicted molar refractivity (Wildman–Crippen MR) is 89.5 cm³/mol. The van der Waals surface area contributed by atoms with Crippen LogP contribution in [0.2, 0.25) is 0 Å². The van der Waals surface area contributed by atoms with Crippen molar-refractivity contribution >= 4 is 41.2 Å². The molecular weight excluding hydrogens is 334 g/mol. The Kier molecular flexibility index (Phi) is 3.98. The Morgan fingerprint density at radius 3 is 2.78 bits per heavy atom. The summed E-state index contributed by atoms with van der Waals surface area (Å²) >= 11 is 6.84. The van der Waals surface area contributed by atoms with E-state index in [-0.39, 0.29) is 23.8 Å². The van der Waals surface area contributed by atoms with E-state index in [4.69, 9.17) is 17.0 Å². The maximum Gasteiger partial charge on any atom is 0.267 e. The Bertz CT molecular complexity index is 705. The predicted octanol–water partition coefficient (Wildman–Crippen LogP) is 2.43. The second-order valence-corrected chi connectivity index (χ2v) is 7.91. The van der Waals surface area contributed by atoms with Gasteiger partial charge in [-0.25, -0.2) is 0 Å². The molecule has 1 saturated heterocycles. The van der Waals surface area contributed by atoms with Gasteiger partial charge in [0.15, 0.2) is 3.95 Å². The lowest BCUT2D eigenvalue weighted by Crippen LogP contribution is -2.42. The normalized spacial score (nSPS) is 27.1. The number of ether oxygens (including phenoxy) is 1. The van der Waals surface area contributed by atoms with Gasteiger partial charge < -0.3 is 19.5 Å². The topological polar surface area (TPSA) is 63.6 Å². The summed E-state index contributed by atoms with van der Waals surface area (Å²) in [6.07, 6.45) is 4.06. The molecule has 3 aliphatic rings. The van der Waals surface area contributed by atoms with Gasteiger partial charge in [0, 0.05) is 19.1 Å².